The zero-order chi connectivity index (χ0) is 17.8. The summed E-state index contributed by atoms with van der Waals surface area (Å²) in [5.74, 6) is 0.495. The maximum Gasteiger partial charge on any atom is 0.236 e. The molecule has 5 nitrogen and oxygen atoms in total. The van der Waals surface area contributed by atoms with Crippen molar-refractivity contribution >= 4 is 11.7 Å². The number of ketones is 1. The molecular formula is C20H28N2O3. The van der Waals surface area contributed by atoms with Crippen molar-refractivity contribution < 1.29 is 14.3 Å². The first-order valence-electron chi connectivity index (χ1n) is 9.28. The van der Waals surface area contributed by atoms with E-state index in [1.54, 1.807) is 0 Å². The lowest BCUT2D eigenvalue weighted by molar-refractivity contribution is -0.144. The standard InChI is InChI=1S/C20H28N2O3/c1-15-12-22(13-16(2)25-15)19(23)14-21-10-8-18(9-11-21)20(24)17-6-4-3-5-7-17/h3-7,15-16,18H,8-14H2,1-2H3. The number of carbonyl (C=O) groups excluding carboxylic acids is 2. The van der Waals surface area contributed by atoms with E-state index in [1.165, 1.54) is 0 Å². The molecule has 2 atom stereocenters. The quantitative estimate of drug-likeness (QED) is 0.786. The van der Waals surface area contributed by atoms with Crippen LogP contribution in [0.5, 0.6) is 0 Å². The molecule has 0 spiro atoms. The average molecular weight is 344 g/mol. The van der Waals surface area contributed by atoms with E-state index in [2.05, 4.69) is 4.90 Å². The third-order valence-corrected chi connectivity index (χ3v) is 5.15. The highest BCUT2D eigenvalue weighted by molar-refractivity contribution is 5.97. The van der Waals surface area contributed by atoms with Crippen LogP contribution in [0.2, 0.25) is 0 Å². The van der Waals surface area contributed by atoms with Gasteiger partial charge in [-0.15, -0.1) is 0 Å². The molecule has 0 saturated carbocycles. The number of rotatable bonds is 4. The SMILES string of the molecule is CC1CN(C(=O)CN2CCC(C(=O)c3ccccc3)CC2)CC(C)O1. The fraction of sp³-hybridized carbons (Fsp3) is 0.600. The van der Waals surface area contributed by atoms with Crippen LogP contribution in [0.1, 0.15) is 37.0 Å². The van der Waals surface area contributed by atoms with Gasteiger partial charge in [-0.05, 0) is 39.8 Å². The number of benzene rings is 1. The lowest BCUT2D eigenvalue weighted by Gasteiger charge is -2.37. The monoisotopic (exact) mass is 344 g/mol. The molecule has 2 aliphatic heterocycles. The average Bonchev–Trinajstić information content (AvgIpc) is 2.61. The molecule has 2 saturated heterocycles. The summed E-state index contributed by atoms with van der Waals surface area (Å²) in [4.78, 5) is 29.2. The van der Waals surface area contributed by atoms with Crippen LogP contribution in [0.25, 0.3) is 0 Å². The molecule has 0 radical (unpaired) electrons. The Morgan fingerprint density at radius 1 is 1.04 bits per heavy atom. The Hall–Kier alpha value is -1.72. The zero-order valence-electron chi connectivity index (χ0n) is 15.2. The molecule has 3 rings (SSSR count). The smallest absolute Gasteiger partial charge is 0.236 e. The number of amides is 1. The molecule has 0 bridgehead atoms. The van der Waals surface area contributed by atoms with Crippen molar-refractivity contribution in [2.45, 2.75) is 38.9 Å². The number of morpholine rings is 1. The summed E-state index contributed by atoms with van der Waals surface area (Å²) in [5.41, 5.74) is 0.799. The molecule has 0 aromatic heterocycles. The van der Waals surface area contributed by atoms with Gasteiger partial charge >= 0.3 is 0 Å². The minimum atomic E-state index is 0.0807. The summed E-state index contributed by atoms with van der Waals surface area (Å²) in [6, 6.07) is 9.52. The van der Waals surface area contributed by atoms with Crippen molar-refractivity contribution in [2.75, 3.05) is 32.7 Å². The number of nitrogens with zero attached hydrogens (tertiary/aromatic N) is 2. The van der Waals surface area contributed by atoms with Crippen molar-refractivity contribution in [1.29, 1.82) is 0 Å². The Bertz CT molecular complexity index is 586. The van der Waals surface area contributed by atoms with E-state index in [1.807, 2.05) is 49.1 Å². The number of hydrogen-bond acceptors (Lipinski definition) is 4. The lowest BCUT2D eigenvalue weighted by atomic mass is 9.89. The highest BCUT2D eigenvalue weighted by Crippen LogP contribution is 2.22. The second-order valence-corrected chi connectivity index (χ2v) is 7.34. The number of piperidine rings is 1. The maximum absolute atomic E-state index is 12.6. The van der Waals surface area contributed by atoms with Crippen LogP contribution in [0.4, 0.5) is 0 Å². The number of carbonyl (C=O) groups is 2. The molecule has 1 amide bonds. The van der Waals surface area contributed by atoms with E-state index < -0.39 is 0 Å². The number of hydrogen-bond donors (Lipinski definition) is 0. The lowest BCUT2D eigenvalue weighted by Crippen LogP contribution is -2.51. The van der Waals surface area contributed by atoms with Crippen LogP contribution in [-0.4, -0.2) is 66.4 Å². The van der Waals surface area contributed by atoms with Crippen LogP contribution in [-0.2, 0) is 9.53 Å². The topological polar surface area (TPSA) is 49.9 Å². The molecule has 0 aliphatic carbocycles. The molecule has 2 unspecified atom stereocenters. The highest BCUT2D eigenvalue weighted by atomic mass is 16.5. The maximum atomic E-state index is 12.6. The van der Waals surface area contributed by atoms with Gasteiger partial charge < -0.3 is 9.64 Å². The van der Waals surface area contributed by atoms with E-state index >= 15 is 0 Å². The van der Waals surface area contributed by atoms with Crippen LogP contribution >= 0.6 is 0 Å². The van der Waals surface area contributed by atoms with Crippen molar-refractivity contribution in [2.24, 2.45) is 5.92 Å². The van der Waals surface area contributed by atoms with E-state index in [0.717, 1.165) is 31.5 Å². The zero-order valence-corrected chi connectivity index (χ0v) is 15.2. The van der Waals surface area contributed by atoms with Crippen molar-refractivity contribution in [3.63, 3.8) is 0 Å². The van der Waals surface area contributed by atoms with E-state index in [0.29, 0.717) is 19.6 Å². The van der Waals surface area contributed by atoms with Crippen LogP contribution < -0.4 is 0 Å². The largest absolute Gasteiger partial charge is 0.372 e. The fourth-order valence-corrected chi connectivity index (χ4v) is 3.86. The molecule has 1 aromatic carbocycles. The minimum absolute atomic E-state index is 0.0807. The summed E-state index contributed by atoms with van der Waals surface area (Å²) in [6.45, 7) is 7.44. The molecule has 0 N–H and O–H groups in total. The Labute approximate surface area is 149 Å². The molecule has 2 aliphatic rings. The fourth-order valence-electron chi connectivity index (χ4n) is 3.86. The van der Waals surface area contributed by atoms with Gasteiger partial charge in [0.05, 0.1) is 18.8 Å². The molecular weight excluding hydrogens is 316 g/mol. The molecule has 1 aromatic rings. The van der Waals surface area contributed by atoms with E-state index in [-0.39, 0.29) is 29.8 Å². The predicted octanol–water partition coefficient (Wildman–Crippen LogP) is 2.22. The molecule has 5 heteroatoms. The van der Waals surface area contributed by atoms with Crippen LogP contribution in [0.15, 0.2) is 30.3 Å². The summed E-state index contributed by atoms with van der Waals surface area (Å²) >= 11 is 0. The van der Waals surface area contributed by atoms with E-state index in [9.17, 15) is 9.59 Å². The van der Waals surface area contributed by atoms with Gasteiger partial charge in [0.1, 0.15) is 0 Å². The second kappa shape index (κ2) is 8.11. The Kier molecular flexibility index (Phi) is 5.86. The van der Waals surface area contributed by atoms with Crippen molar-refractivity contribution in [3.05, 3.63) is 35.9 Å². The van der Waals surface area contributed by atoms with Crippen LogP contribution in [0, 0.1) is 5.92 Å². The number of Topliss-reactive ketones (excluding diaryl/α,β-unsaturated/α-hetero) is 1. The third kappa shape index (κ3) is 4.67. The first kappa shape index (κ1) is 18.1. The van der Waals surface area contributed by atoms with E-state index in [4.69, 9.17) is 4.74 Å². The number of likely N-dealkylation sites (tertiary alicyclic amines) is 1. The van der Waals surface area contributed by atoms with Gasteiger partial charge in [0.15, 0.2) is 5.78 Å². The predicted molar refractivity (Wildman–Crippen MR) is 96.5 cm³/mol. The van der Waals surface area contributed by atoms with Crippen molar-refractivity contribution in [1.82, 2.24) is 9.80 Å². The summed E-state index contributed by atoms with van der Waals surface area (Å²) in [6.07, 6.45) is 1.86. The first-order chi connectivity index (χ1) is 12.0. The summed E-state index contributed by atoms with van der Waals surface area (Å²) in [7, 11) is 0. The van der Waals surface area contributed by atoms with Gasteiger partial charge in [-0.3, -0.25) is 14.5 Å². The highest BCUT2D eigenvalue weighted by Gasteiger charge is 2.30. The Morgan fingerprint density at radius 3 is 2.24 bits per heavy atom. The van der Waals surface area contributed by atoms with Gasteiger partial charge in [-0.1, -0.05) is 30.3 Å². The Morgan fingerprint density at radius 2 is 1.64 bits per heavy atom. The molecule has 136 valence electrons. The second-order valence-electron chi connectivity index (χ2n) is 7.34. The molecule has 2 fully saturated rings. The molecule has 2 heterocycles. The molecule has 25 heavy (non-hydrogen) atoms. The minimum Gasteiger partial charge on any atom is -0.372 e. The van der Waals surface area contributed by atoms with Gasteiger partial charge in [0.25, 0.3) is 0 Å². The van der Waals surface area contributed by atoms with Gasteiger partial charge in [0, 0.05) is 24.6 Å². The Balaban J connectivity index is 1.48. The third-order valence-electron chi connectivity index (χ3n) is 5.15. The van der Waals surface area contributed by atoms with Gasteiger partial charge in [0.2, 0.25) is 5.91 Å². The van der Waals surface area contributed by atoms with Crippen molar-refractivity contribution in [3.8, 4) is 0 Å². The summed E-state index contributed by atoms with van der Waals surface area (Å²) < 4.78 is 5.69. The first-order valence-corrected chi connectivity index (χ1v) is 9.28. The van der Waals surface area contributed by atoms with Gasteiger partial charge in [-0.2, -0.15) is 0 Å². The summed E-state index contributed by atoms with van der Waals surface area (Å²) in [5, 5.41) is 0. The number of ether oxygens (including phenoxy) is 1. The normalized spacial score (nSPS) is 25.8. The van der Waals surface area contributed by atoms with Gasteiger partial charge in [-0.25, -0.2) is 0 Å². The van der Waals surface area contributed by atoms with Crippen LogP contribution in [0.3, 0.4) is 0 Å².